The zero-order chi connectivity index (χ0) is 18.0. The summed E-state index contributed by atoms with van der Waals surface area (Å²) in [7, 11) is 1.71. The van der Waals surface area contributed by atoms with Gasteiger partial charge in [0.15, 0.2) is 0 Å². The van der Waals surface area contributed by atoms with Gasteiger partial charge in [-0.25, -0.2) is 0 Å². The number of benzene rings is 2. The van der Waals surface area contributed by atoms with Crippen molar-refractivity contribution in [2.45, 2.75) is 51.9 Å². The van der Waals surface area contributed by atoms with Gasteiger partial charge in [0.1, 0.15) is 11.5 Å². The first-order chi connectivity index (χ1) is 12.0. The van der Waals surface area contributed by atoms with Crippen LogP contribution in [0.5, 0.6) is 11.5 Å². The number of methoxy groups -OCH3 is 1. The molecule has 1 aliphatic carbocycles. The molecule has 0 radical (unpaired) electrons. The molecule has 3 nitrogen and oxygen atoms in total. The highest BCUT2D eigenvalue weighted by Gasteiger charge is 2.37. The first kappa shape index (κ1) is 17.5. The van der Waals surface area contributed by atoms with Crippen molar-refractivity contribution in [3.8, 4) is 11.5 Å². The third kappa shape index (κ3) is 3.28. The van der Waals surface area contributed by atoms with Crippen molar-refractivity contribution in [1.29, 1.82) is 0 Å². The Morgan fingerprint density at radius 3 is 1.88 bits per heavy atom. The Hall–Kier alpha value is -2.29. The molecule has 0 aromatic heterocycles. The molecule has 0 N–H and O–H groups in total. The van der Waals surface area contributed by atoms with Crippen LogP contribution in [0.15, 0.2) is 36.4 Å². The highest BCUT2D eigenvalue weighted by molar-refractivity contribution is 5.70. The lowest BCUT2D eigenvalue weighted by atomic mass is 9.72. The molecular formula is C22H26O3. The van der Waals surface area contributed by atoms with Gasteiger partial charge in [0.2, 0.25) is 0 Å². The lowest BCUT2D eigenvalue weighted by Crippen LogP contribution is -2.24. The van der Waals surface area contributed by atoms with Crippen molar-refractivity contribution in [3.63, 3.8) is 0 Å². The van der Waals surface area contributed by atoms with E-state index < -0.39 is 0 Å². The third-order valence-corrected chi connectivity index (χ3v) is 5.39. The van der Waals surface area contributed by atoms with Crippen molar-refractivity contribution in [2.24, 2.45) is 0 Å². The monoisotopic (exact) mass is 338 g/mol. The van der Waals surface area contributed by atoms with Crippen LogP contribution in [0.25, 0.3) is 0 Å². The van der Waals surface area contributed by atoms with Crippen molar-refractivity contribution < 1.29 is 14.3 Å². The van der Waals surface area contributed by atoms with E-state index in [2.05, 4.69) is 37.3 Å². The molecule has 1 saturated carbocycles. The normalized spacial score (nSPS) is 15.8. The van der Waals surface area contributed by atoms with Crippen LogP contribution in [0.3, 0.4) is 0 Å². The minimum Gasteiger partial charge on any atom is -0.496 e. The smallest absolute Gasteiger partial charge is 0.308 e. The molecule has 132 valence electrons. The number of ether oxygens (including phenoxy) is 2. The van der Waals surface area contributed by atoms with Crippen molar-refractivity contribution in [2.75, 3.05) is 7.11 Å². The maximum Gasteiger partial charge on any atom is 0.308 e. The predicted octanol–water partition coefficient (Wildman–Crippen LogP) is 5.10. The average Bonchev–Trinajstić information content (AvgIpc) is 3.07. The van der Waals surface area contributed by atoms with Gasteiger partial charge < -0.3 is 9.47 Å². The van der Waals surface area contributed by atoms with Crippen LogP contribution in [0.1, 0.15) is 54.9 Å². The molecular weight excluding hydrogens is 312 g/mol. The summed E-state index contributed by atoms with van der Waals surface area (Å²) in [6.45, 7) is 5.54. The molecule has 2 aromatic carbocycles. The molecule has 1 aliphatic rings. The molecule has 0 aliphatic heterocycles. The van der Waals surface area contributed by atoms with Crippen LogP contribution >= 0.6 is 0 Å². The Balaban J connectivity index is 2.05. The maximum atomic E-state index is 11.3. The quantitative estimate of drug-likeness (QED) is 0.575. The standard InChI is InChI=1S/C22H26O3/c1-15-13-18(7-9-20(15)24-4)22(11-5-6-12-22)19-8-10-21(16(2)14-19)25-17(3)23/h7-10,13-14H,5-6,11-12H2,1-4H3. The Kier molecular flexibility index (Phi) is 4.85. The SMILES string of the molecule is COc1ccc(C2(c3ccc(OC(C)=O)c(C)c3)CCCC2)cc1C. The molecule has 0 heterocycles. The molecule has 0 spiro atoms. The molecule has 3 rings (SSSR count). The van der Waals surface area contributed by atoms with Gasteiger partial charge >= 0.3 is 5.97 Å². The van der Waals surface area contributed by atoms with E-state index in [9.17, 15) is 4.79 Å². The molecule has 0 amide bonds. The molecule has 2 aromatic rings. The molecule has 0 atom stereocenters. The topological polar surface area (TPSA) is 35.5 Å². The fourth-order valence-electron chi connectivity index (χ4n) is 4.12. The fraction of sp³-hybridized carbons (Fsp3) is 0.409. The molecule has 1 fully saturated rings. The Labute approximate surface area is 150 Å². The second kappa shape index (κ2) is 6.91. The second-order valence-electron chi connectivity index (χ2n) is 7.05. The summed E-state index contributed by atoms with van der Waals surface area (Å²) in [5.74, 6) is 1.30. The van der Waals surface area contributed by atoms with Crippen molar-refractivity contribution in [3.05, 3.63) is 58.7 Å². The van der Waals surface area contributed by atoms with Gasteiger partial charge in [-0.05, 0) is 61.1 Å². The number of carbonyl (C=O) groups is 1. The van der Waals surface area contributed by atoms with E-state index in [0.29, 0.717) is 5.75 Å². The van der Waals surface area contributed by atoms with Gasteiger partial charge in [-0.2, -0.15) is 0 Å². The highest BCUT2D eigenvalue weighted by atomic mass is 16.5. The summed E-state index contributed by atoms with van der Waals surface area (Å²) in [6.07, 6.45) is 4.75. The second-order valence-corrected chi connectivity index (χ2v) is 7.05. The fourth-order valence-corrected chi connectivity index (χ4v) is 4.12. The third-order valence-electron chi connectivity index (χ3n) is 5.39. The first-order valence-electron chi connectivity index (χ1n) is 8.91. The number of aryl methyl sites for hydroxylation is 2. The molecule has 0 saturated heterocycles. The number of carbonyl (C=O) groups excluding carboxylic acids is 1. The summed E-state index contributed by atoms with van der Waals surface area (Å²) in [5.41, 5.74) is 4.87. The summed E-state index contributed by atoms with van der Waals surface area (Å²) in [4.78, 5) is 11.3. The van der Waals surface area contributed by atoms with E-state index in [0.717, 1.165) is 24.2 Å². The number of rotatable bonds is 4. The zero-order valence-electron chi connectivity index (χ0n) is 15.5. The van der Waals surface area contributed by atoms with Gasteiger partial charge in [-0.15, -0.1) is 0 Å². The van der Waals surface area contributed by atoms with E-state index in [1.807, 2.05) is 13.0 Å². The average molecular weight is 338 g/mol. The Bertz CT molecular complexity index is 786. The number of hydrogen-bond acceptors (Lipinski definition) is 3. The van der Waals surface area contributed by atoms with Crippen LogP contribution in [-0.4, -0.2) is 13.1 Å². The van der Waals surface area contributed by atoms with E-state index in [1.54, 1.807) is 7.11 Å². The number of esters is 1. The summed E-state index contributed by atoms with van der Waals surface area (Å²) < 4.78 is 10.7. The van der Waals surface area contributed by atoms with Crippen molar-refractivity contribution in [1.82, 2.24) is 0 Å². The summed E-state index contributed by atoms with van der Waals surface area (Å²) in [5, 5.41) is 0. The molecule has 3 heteroatoms. The van der Waals surface area contributed by atoms with Gasteiger partial charge in [0.05, 0.1) is 7.11 Å². The molecule has 0 unspecified atom stereocenters. The van der Waals surface area contributed by atoms with Crippen LogP contribution in [0.4, 0.5) is 0 Å². The largest absolute Gasteiger partial charge is 0.496 e. The van der Waals surface area contributed by atoms with Crippen molar-refractivity contribution >= 4 is 5.97 Å². The first-order valence-corrected chi connectivity index (χ1v) is 8.91. The maximum absolute atomic E-state index is 11.3. The van der Waals surface area contributed by atoms with E-state index in [-0.39, 0.29) is 11.4 Å². The van der Waals surface area contributed by atoms with Crippen LogP contribution in [0, 0.1) is 13.8 Å². The summed E-state index contributed by atoms with van der Waals surface area (Å²) in [6, 6.07) is 12.8. The van der Waals surface area contributed by atoms with Gasteiger partial charge in [0.25, 0.3) is 0 Å². The Morgan fingerprint density at radius 1 is 0.920 bits per heavy atom. The summed E-state index contributed by atoms with van der Waals surface area (Å²) >= 11 is 0. The van der Waals surface area contributed by atoms with Crippen LogP contribution in [-0.2, 0) is 10.2 Å². The zero-order valence-corrected chi connectivity index (χ0v) is 15.5. The minimum atomic E-state index is -0.280. The molecule has 25 heavy (non-hydrogen) atoms. The van der Waals surface area contributed by atoms with Gasteiger partial charge in [0, 0.05) is 12.3 Å². The Morgan fingerprint density at radius 2 is 1.44 bits per heavy atom. The highest BCUT2D eigenvalue weighted by Crippen LogP contribution is 2.47. The minimum absolute atomic E-state index is 0.0382. The van der Waals surface area contributed by atoms with E-state index >= 15 is 0 Å². The molecule has 0 bridgehead atoms. The van der Waals surface area contributed by atoms with Crippen LogP contribution < -0.4 is 9.47 Å². The van der Waals surface area contributed by atoms with E-state index in [1.165, 1.54) is 36.5 Å². The van der Waals surface area contributed by atoms with E-state index in [4.69, 9.17) is 9.47 Å². The van der Waals surface area contributed by atoms with Gasteiger partial charge in [-0.3, -0.25) is 4.79 Å². The predicted molar refractivity (Wildman–Crippen MR) is 99.5 cm³/mol. The van der Waals surface area contributed by atoms with Gasteiger partial charge in [-0.1, -0.05) is 37.1 Å². The van der Waals surface area contributed by atoms with Crippen LogP contribution in [0.2, 0.25) is 0 Å². The number of hydrogen-bond donors (Lipinski definition) is 0. The lowest BCUT2D eigenvalue weighted by Gasteiger charge is -2.31. The lowest BCUT2D eigenvalue weighted by molar-refractivity contribution is -0.131.